The number of amides is 3. The highest BCUT2D eigenvalue weighted by Gasteiger charge is 2.13. The van der Waals surface area contributed by atoms with Crippen molar-refractivity contribution in [1.29, 1.82) is 0 Å². The molecule has 0 aromatic heterocycles. The van der Waals surface area contributed by atoms with Gasteiger partial charge < -0.3 is 25.4 Å². The molecule has 0 aromatic rings. The fourth-order valence-electron chi connectivity index (χ4n) is 1.87. The van der Waals surface area contributed by atoms with E-state index in [1.807, 2.05) is 0 Å². The van der Waals surface area contributed by atoms with E-state index in [2.05, 4.69) is 20.7 Å². The van der Waals surface area contributed by atoms with Crippen molar-refractivity contribution in [3.8, 4) is 0 Å². The standard InChI is InChI=1S/C16H29N3O5S2/c1-12(26-13(2)25)14(20)17-10-11-24-16(22)19-9-7-5-4-6-8-18-15(21)23-3/h12H,4-11H2,1-3H3,(H,17,20)(H,18,21)(H,19,22). The van der Waals surface area contributed by atoms with Gasteiger partial charge in [-0.2, -0.15) is 0 Å². The van der Waals surface area contributed by atoms with Gasteiger partial charge in [-0.25, -0.2) is 9.59 Å². The first-order chi connectivity index (χ1) is 12.4. The molecule has 0 heterocycles. The van der Waals surface area contributed by atoms with Gasteiger partial charge in [-0.3, -0.25) is 4.79 Å². The smallest absolute Gasteiger partial charge is 0.407 e. The third-order valence-electron chi connectivity index (χ3n) is 3.17. The molecule has 0 fully saturated rings. The molecule has 1 unspecified atom stereocenters. The van der Waals surface area contributed by atoms with Crippen molar-refractivity contribution in [2.45, 2.75) is 44.8 Å². The van der Waals surface area contributed by atoms with Crippen LogP contribution in [0, 0.1) is 0 Å². The molecule has 1 atom stereocenters. The van der Waals surface area contributed by atoms with Gasteiger partial charge in [0.05, 0.1) is 18.9 Å². The number of hydrogen-bond donors (Lipinski definition) is 3. The van der Waals surface area contributed by atoms with Crippen LogP contribution in [0.5, 0.6) is 0 Å². The zero-order valence-electron chi connectivity index (χ0n) is 15.6. The molecular weight excluding hydrogens is 378 g/mol. The van der Waals surface area contributed by atoms with Crippen LogP contribution in [-0.4, -0.2) is 60.9 Å². The topological polar surface area (TPSA) is 106 Å². The van der Waals surface area contributed by atoms with E-state index in [4.69, 9.17) is 17.0 Å². The summed E-state index contributed by atoms with van der Waals surface area (Å²) in [6.07, 6.45) is 2.66. The number of hydrogen-bond acceptors (Lipinski definition) is 7. The SMILES string of the molecule is COC(=O)NCCCCCCNC(=O)OCCNC(=O)C(C)SC(C)=S. The number of thiocarbonyl (C=S) groups is 1. The number of rotatable bonds is 12. The van der Waals surface area contributed by atoms with Crippen LogP contribution in [0.3, 0.4) is 0 Å². The maximum Gasteiger partial charge on any atom is 0.407 e. The summed E-state index contributed by atoms with van der Waals surface area (Å²) in [5.41, 5.74) is 0. The molecule has 0 aliphatic heterocycles. The summed E-state index contributed by atoms with van der Waals surface area (Å²) in [4.78, 5) is 34.0. The molecule has 0 saturated heterocycles. The lowest BCUT2D eigenvalue weighted by Crippen LogP contribution is -2.35. The van der Waals surface area contributed by atoms with Crippen molar-refractivity contribution in [3.63, 3.8) is 0 Å². The van der Waals surface area contributed by atoms with E-state index in [0.717, 1.165) is 25.7 Å². The Balaban J connectivity index is 3.48. The Labute approximate surface area is 164 Å². The van der Waals surface area contributed by atoms with E-state index < -0.39 is 12.2 Å². The summed E-state index contributed by atoms with van der Waals surface area (Å²) in [5.74, 6) is -0.134. The van der Waals surface area contributed by atoms with E-state index in [0.29, 0.717) is 17.3 Å². The molecule has 3 N–H and O–H groups in total. The molecule has 26 heavy (non-hydrogen) atoms. The average molecular weight is 408 g/mol. The second kappa shape index (κ2) is 15.7. The highest BCUT2D eigenvalue weighted by Crippen LogP contribution is 2.12. The minimum absolute atomic E-state index is 0.116. The number of carbonyl (C=O) groups excluding carboxylic acids is 3. The monoisotopic (exact) mass is 407 g/mol. The van der Waals surface area contributed by atoms with Crippen molar-refractivity contribution in [2.24, 2.45) is 0 Å². The summed E-state index contributed by atoms with van der Waals surface area (Å²) in [6, 6.07) is 0. The lowest BCUT2D eigenvalue weighted by Gasteiger charge is -2.11. The third-order valence-corrected chi connectivity index (χ3v) is 4.36. The molecule has 150 valence electrons. The van der Waals surface area contributed by atoms with Crippen molar-refractivity contribution >= 4 is 46.3 Å². The summed E-state index contributed by atoms with van der Waals surface area (Å²) in [6.45, 7) is 5.03. The van der Waals surface area contributed by atoms with E-state index in [-0.39, 0.29) is 24.3 Å². The molecule has 3 amide bonds. The Morgan fingerprint density at radius 2 is 1.54 bits per heavy atom. The average Bonchev–Trinajstić information content (AvgIpc) is 2.59. The normalized spacial score (nSPS) is 11.2. The van der Waals surface area contributed by atoms with Gasteiger partial charge in [-0.05, 0) is 26.7 Å². The Bertz CT molecular complexity index is 463. The Hall–Kier alpha value is -1.55. The number of alkyl carbamates (subject to hydrolysis) is 2. The van der Waals surface area contributed by atoms with E-state index >= 15 is 0 Å². The van der Waals surface area contributed by atoms with Gasteiger partial charge >= 0.3 is 12.2 Å². The molecule has 0 aliphatic rings. The Morgan fingerprint density at radius 1 is 0.962 bits per heavy atom. The molecule has 10 heteroatoms. The van der Waals surface area contributed by atoms with Gasteiger partial charge in [0.15, 0.2) is 0 Å². The molecular formula is C16H29N3O5S2. The molecule has 0 aromatic carbocycles. The fraction of sp³-hybridized carbons (Fsp3) is 0.750. The minimum atomic E-state index is -0.497. The quantitative estimate of drug-likeness (QED) is 0.336. The van der Waals surface area contributed by atoms with E-state index in [1.165, 1.54) is 18.9 Å². The van der Waals surface area contributed by atoms with Crippen LogP contribution in [0.15, 0.2) is 0 Å². The van der Waals surface area contributed by atoms with Crippen LogP contribution < -0.4 is 16.0 Å². The lowest BCUT2D eigenvalue weighted by molar-refractivity contribution is -0.120. The van der Waals surface area contributed by atoms with Crippen LogP contribution in [0.4, 0.5) is 9.59 Å². The molecule has 0 rings (SSSR count). The highest BCUT2D eigenvalue weighted by atomic mass is 32.2. The first-order valence-corrected chi connectivity index (χ1v) is 9.83. The van der Waals surface area contributed by atoms with Crippen molar-refractivity contribution in [3.05, 3.63) is 0 Å². The first kappa shape index (κ1) is 24.5. The predicted molar refractivity (Wildman–Crippen MR) is 107 cm³/mol. The van der Waals surface area contributed by atoms with Crippen LogP contribution in [0.1, 0.15) is 39.5 Å². The van der Waals surface area contributed by atoms with Crippen LogP contribution in [-0.2, 0) is 14.3 Å². The van der Waals surface area contributed by atoms with Crippen molar-refractivity contribution in [2.75, 3.05) is 33.4 Å². The lowest BCUT2D eigenvalue weighted by atomic mass is 10.2. The van der Waals surface area contributed by atoms with Crippen molar-refractivity contribution < 1.29 is 23.9 Å². The zero-order valence-corrected chi connectivity index (χ0v) is 17.2. The zero-order chi connectivity index (χ0) is 19.8. The van der Waals surface area contributed by atoms with E-state index in [9.17, 15) is 14.4 Å². The van der Waals surface area contributed by atoms with Gasteiger partial charge in [0, 0.05) is 17.3 Å². The number of ether oxygens (including phenoxy) is 2. The molecule has 0 aliphatic carbocycles. The first-order valence-electron chi connectivity index (χ1n) is 8.54. The molecule has 0 spiro atoms. The molecule has 0 radical (unpaired) electrons. The summed E-state index contributed by atoms with van der Waals surface area (Å²) in [5, 5.41) is 7.69. The fourth-order valence-corrected chi connectivity index (χ4v) is 2.99. The largest absolute Gasteiger partial charge is 0.453 e. The van der Waals surface area contributed by atoms with Gasteiger partial charge in [0.2, 0.25) is 5.91 Å². The van der Waals surface area contributed by atoms with Crippen molar-refractivity contribution in [1.82, 2.24) is 16.0 Å². The minimum Gasteiger partial charge on any atom is -0.453 e. The van der Waals surface area contributed by atoms with Crippen LogP contribution in [0.25, 0.3) is 0 Å². The van der Waals surface area contributed by atoms with Crippen LogP contribution >= 0.6 is 24.0 Å². The van der Waals surface area contributed by atoms with Gasteiger partial charge in [-0.1, -0.05) is 25.1 Å². The maximum absolute atomic E-state index is 11.7. The predicted octanol–water partition coefficient (Wildman–Crippen LogP) is 2.21. The number of nitrogens with one attached hydrogen (secondary N) is 3. The summed E-state index contributed by atoms with van der Waals surface area (Å²) < 4.78 is 10.2. The molecule has 8 nitrogen and oxygen atoms in total. The number of carbonyl (C=O) groups is 3. The number of unbranched alkanes of at least 4 members (excludes halogenated alkanes) is 3. The van der Waals surface area contributed by atoms with E-state index in [1.54, 1.807) is 13.8 Å². The van der Waals surface area contributed by atoms with Crippen LogP contribution in [0.2, 0.25) is 0 Å². The Kier molecular flexibility index (Phi) is 14.8. The number of thioether (sulfide) groups is 1. The van der Waals surface area contributed by atoms with Gasteiger partial charge in [0.25, 0.3) is 0 Å². The number of methoxy groups -OCH3 is 1. The maximum atomic E-state index is 11.7. The third kappa shape index (κ3) is 14.8. The Morgan fingerprint density at radius 3 is 2.08 bits per heavy atom. The second-order valence-corrected chi connectivity index (χ2v) is 7.86. The van der Waals surface area contributed by atoms with Gasteiger partial charge in [-0.15, -0.1) is 11.8 Å². The molecule has 0 saturated carbocycles. The van der Waals surface area contributed by atoms with Gasteiger partial charge in [0.1, 0.15) is 6.61 Å². The molecule has 0 bridgehead atoms. The summed E-state index contributed by atoms with van der Waals surface area (Å²) >= 11 is 6.26. The second-order valence-electron chi connectivity index (χ2n) is 5.44. The highest BCUT2D eigenvalue weighted by molar-refractivity contribution is 8.23. The summed E-state index contributed by atoms with van der Waals surface area (Å²) in [7, 11) is 1.33.